The molecule has 1 atom stereocenters. The highest BCUT2D eigenvalue weighted by atomic mass is 79.9. The highest BCUT2D eigenvalue weighted by Gasteiger charge is 2.21. The molecule has 2 rings (SSSR count). The molecule has 1 aliphatic heterocycles. The smallest absolute Gasteiger partial charge is 0.137 e. The van der Waals surface area contributed by atoms with Crippen LogP contribution in [-0.4, -0.2) is 10.9 Å². The minimum atomic E-state index is -0.453. The van der Waals surface area contributed by atoms with E-state index < -0.39 is 6.10 Å². The molecule has 0 fully saturated rings. The monoisotopic (exact) mass is 262 g/mol. The van der Waals surface area contributed by atoms with E-state index in [1.807, 2.05) is 0 Å². The number of fused-ring (bicyclic) bond motifs is 1. The van der Waals surface area contributed by atoms with Gasteiger partial charge in [-0.05, 0) is 33.1 Å². The van der Waals surface area contributed by atoms with Gasteiger partial charge in [0.25, 0.3) is 0 Å². The summed E-state index contributed by atoms with van der Waals surface area (Å²) in [6.45, 7) is 0. The third-order valence-corrected chi connectivity index (χ3v) is 4.02. The van der Waals surface area contributed by atoms with Gasteiger partial charge in [-0.15, -0.1) is 0 Å². The van der Waals surface area contributed by atoms with Crippen molar-refractivity contribution in [2.24, 2.45) is 0 Å². The van der Waals surface area contributed by atoms with Gasteiger partial charge in [-0.1, -0.05) is 6.07 Å². The molecule has 0 radical (unpaired) electrons. The SMILES string of the molecule is O[C@@H]1CSCc2c1ccc(F)c2Br. The Morgan fingerprint density at radius 1 is 1.54 bits per heavy atom. The average molecular weight is 263 g/mol. The lowest BCUT2D eigenvalue weighted by atomic mass is 10.0. The molecule has 0 unspecified atom stereocenters. The maximum atomic E-state index is 13.1. The van der Waals surface area contributed by atoms with E-state index in [9.17, 15) is 9.50 Å². The minimum Gasteiger partial charge on any atom is -0.388 e. The molecule has 0 saturated carbocycles. The third kappa shape index (κ3) is 1.63. The Morgan fingerprint density at radius 3 is 3.08 bits per heavy atom. The van der Waals surface area contributed by atoms with Gasteiger partial charge < -0.3 is 5.11 Å². The van der Waals surface area contributed by atoms with Gasteiger partial charge in [-0.2, -0.15) is 11.8 Å². The fraction of sp³-hybridized carbons (Fsp3) is 0.333. The first-order chi connectivity index (χ1) is 6.20. The second-order valence-electron chi connectivity index (χ2n) is 2.96. The lowest BCUT2D eigenvalue weighted by Crippen LogP contribution is -2.10. The highest BCUT2D eigenvalue weighted by Crippen LogP contribution is 2.36. The summed E-state index contributed by atoms with van der Waals surface area (Å²) in [5.41, 5.74) is 1.75. The van der Waals surface area contributed by atoms with Gasteiger partial charge in [0.05, 0.1) is 10.6 Å². The van der Waals surface area contributed by atoms with Crippen molar-refractivity contribution in [3.05, 3.63) is 33.5 Å². The molecule has 13 heavy (non-hydrogen) atoms. The van der Waals surface area contributed by atoms with E-state index in [4.69, 9.17) is 0 Å². The Kier molecular flexibility index (Phi) is 2.62. The molecular weight excluding hydrogens is 255 g/mol. The number of aliphatic hydroxyl groups is 1. The summed E-state index contributed by atoms with van der Waals surface area (Å²) in [6.07, 6.45) is -0.453. The Morgan fingerprint density at radius 2 is 2.31 bits per heavy atom. The molecule has 0 saturated heterocycles. The molecule has 1 nitrogen and oxygen atoms in total. The predicted octanol–water partition coefficient (Wildman–Crippen LogP) is 2.87. The van der Waals surface area contributed by atoms with Crippen molar-refractivity contribution >= 4 is 27.7 Å². The first-order valence-electron chi connectivity index (χ1n) is 3.92. The van der Waals surface area contributed by atoms with Crippen molar-refractivity contribution in [2.45, 2.75) is 11.9 Å². The average Bonchev–Trinajstić information content (AvgIpc) is 2.12. The van der Waals surface area contributed by atoms with Crippen molar-refractivity contribution in [1.29, 1.82) is 0 Å². The van der Waals surface area contributed by atoms with Gasteiger partial charge in [0, 0.05) is 11.5 Å². The molecule has 70 valence electrons. The molecule has 0 aromatic heterocycles. The zero-order valence-electron chi connectivity index (χ0n) is 6.76. The maximum Gasteiger partial charge on any atom is 0.137 e. The van der Waals surface area contributed by atoms with Crippen LogP contribution in [0.25, 0.3) is 0 Å². The zero-order valence-corrected chi connectivity index (χ0v) is 9.16. The van der Waals surface area contributed by atoms with Crippen LogP contribution in [-0.2, 0) is 5.75 Å². The van der Waals surface area contributed by atoms with Crippen LogP contribution < -0.4 is 0 Å². The van der Waals surface area contributed by atoms with Gasteiger partial charge in [0.15, 0.2) is 0 Å². The van der Waals surface area contributed by atoms with Crippen molar-refractivity contribution in [3.8, 4) is 0 Å². The maximum absolute atomic E-state index is 13.1. The Labute approximate surface area is 88.5 Å². The highest BCUT2D eigenvalue weighted by molar-refractivity contribution is 9.10. The summed E-state index contributed by atoms with van der Waals surface area (Å²) >= 11 is 4.82. The van der Waals surface area contributed by atoms with Crippen LogP contribution in [0.3, 0.4) is 0 Å². The summed E-state index contributed by atoms with van der Waals surface area (Å²) in [4.78, 5) is 0. The summed E-state index contributed by atoms with van der Waals surface area (Å²) in [5.74, 6) is 1.21. The molecule has 1 aromatic rings. The molecule has 1 aromatic carbocycles. The second-order valence-corrected chi connectivity index (χ2v) is 4.78. The van der Waals surface area contributed by atoms with Crippen LogP contribution in [0, 0.1) is 5.82 Å². The molecule has 1 heterocycles. The lowest BCUT2D eigenvalue weighted by Gasteiger charge is -2.21. The third-order valence-electron chi connectivity index (χ3n) is 2.11. The number of halogens is 2. The van der Waals surface area contributed by atoms with E-state index in [1.54, 1.807) is 17.8 Å². The van der Waals surface area contributed by atoms with Crippen LogP contribution in [0.4, 0.5) is 4.39 Å². The number of hydrogen-bond donors (Lipinski definition) is 1. The van der Waals surface area contributed by atoms with Crippen molar-refractivity contribution < 1.29 is 9.50 Å². The molecule has 0 aliphatic carbocycles. The standard InChI is InChI=1S/C9H8BrFOS/c10-9-6-3-13-4-8(12)5(6)1-2-7(9)11/h1-2,8,12H,3-4H2/t8-/m1/s1. The normalized spacial score (nSPS) is 21.3. The predicted molar refractivity (Wildman–Crippen MR) is 55.2 cm³/mol. The summed E-state index contributed by atoms with van der Waals surface area (Å²) in [7, 11) is 0. The largest absolute Gasteiger partial charge is 0.388 e. The summed E-state index contributed by atoms with van der Waals surface area (Å²) in [5, 5.41) is 9.61. The van der Waals surface area contributed by atoms with Crippen LogP contribution in [0.5, 0.6) is 0 Å². The van der Waals surface area contributed by atoms with E-state index in [-0.39, 0.29) is 5.82 Å². The quantitative estimate of drug-likeness (QED) is 0.776. The van der Waals surface area contributed by atoms with Crippen LogP contribution in [0.15, 0.2) is 16.6 Å². The van der Waals surface area contributed by atoms with Crippen molar-refractivity contribution in [3.63, 3.8) is 0 Å². The van der Waals surface area contributed by atoms with E-state index in [1.165, 1.54) is 6.07 Å². The van der Waals surface area contributed by atoms with Gasteiger partial charge in [-0.25, -0.2) is 4.39 Å². The lowest BCUT2D eigenvalue weighted by molar-refractivity contribution is 0.201. The minimum absolute atomic E-state index is 0.256. The molecule has 4 heteroatoms. The first-order valence-corrected chi connectivity index (χ1v) is 5.87. The summed E-state index contributed by atoms with van der Waals surface area (Å²) in [6, 6.07) is 3.06. The Balaban J connectivity index is 2.56. The fourth-order valence-electron chi connectivity index (χ4n) is 1.43. The van der Waals surface area contributed by atoms with Gasteiger partial charge >= 0.3 is 0 Å². The van der Waals surface area contributed by atoms with E-state index in [0.717, 1.165) is 16.9 Å². The van der Waals surface area contributed by atoms with E-state index in [2.05, 4.69) is 15.9 Å². The van der Waals surface area contributed by atoms with Crippen LogP contribution in [0.2, 0.25) is 0 Å². The van der Waals surface area contributed by atoms with E-state index in [0.29, 0.717) is 10.2 Å². The number of aliphatic hydroxyl groups excluding tert-OH is 1. The Hall–Kier alpha value is -0.0600. The van der Waals surface area contributed by atoms with Crippen molar-refractivity contribution in [1.82, 2.24) is 0 Å². The Bertz CT molecular complexity index is 343. The second kappa shape index (κ2) is 3.59. The molecular formula is C9H8BrFOS. The number of hydrogen-bond acceptors (Lipinski definition) is 2. The number of rotatable bonds is 0. The molecule has 1 aliphatic rings. The van der Waals surface area contributed by atoms with Crippen LogP contribution >= 0.6 is 27.7 Å². The number of thioether (sulfide) groups is 1. The van der Waals surface area contributed by atoms with Crippen molar-refractivity contribution in [2.75, 3.05) is 5.75 Å². The summed E-state index contributed by atoms with van der Waals surface area (Å²) < 4.78 is 13.6. The molecule has 0 spiro atoms. The van der Waals surface area contributed by atoms with Crippen LogP contribution in [0.1, 0.15) is 17.2 Å². The molecule has 1 N–H and O–H groups in total. The fourth-order valence-corrected chi connectivity index (χ4v) is 3.15. The zero-order chi connectivity index (χ0) is 9.42. The first kappa shape index (κ1) is 9.49. The molecule has 0 bridgehead atoms. The molecule has 0 amide bonds. The van der Waals surface area contributed by atoms with E-state index >= 15 is 0 Å². The number of benzene rings is 1. The van der Waals surface area contributed by atoms with Gasteiger partial charge in [0.1, 0.15) is 5.82 Å². The van der Waals surface area contributed by atoms with Gasteiger partial charge in [0.2, 0.25) is 0 Å². The topological polar surface area (TPSA) is 20.2 Å². The van der Waals surface area contributed by atoms with Gasteiger partial charge in [-0.3, -0.25) is 0 Å².